The molecule has 54 valence electrons. The normalized spacial score (nSPS) is 33.3. The molecule has 1 aliphatic rings. The molecule has 0 bridgehead atoms. The molecule has 1 fully saturated rings. The van der Waals surface area contributed by atoms with Crippen LogP contribution in [0.2, 0.25) is 0 Å². The van der Waals surface area contributed by atoms with E-state index in [0.717, 1.165) is 18.5 Å². The molecule has 0 aromatic heterocycles. The Morgan fingerprint density at radius 2 is 2.22 bits per heavy atom. The molecular formula is C7H15NO. The fourth-order valence-electron chi connectivity index (χ4n) is 1.24. The first-order valence-corrected chi connectivity index (χ1v) is 3.57. The van der Waals surface area contributed by atoms with Crippen molar-refractivity contribution in [2.24, 2.45) is 5.92 Å². The van der Waals surface area contributed by atoms with Crippen LogP contribution < -0.4 is 0 Å². The van der Waals surface area contributed by atoms with E-state index < -0.39 is 0 Å². The molecule has 0 saturated heterocycles. The molecule has 2 atom stereocenters. The highest BCUT2D eigenvalue weighted by Crippen LogP contribution is 2.33. The van der Waals surface area contributed by atoms with Crippen molar-refractivity contribution < 1.29 is 5.11 Å². The van der Waals surface area contributed by atoms with Gasteiger partial charge in [-0.25, -0.2) is 0 Å². The van der Waals surface area contributed by atoms with Crippen LogP contribution in [0.15, 0.2) is 0 Å². The molecule has 1 rings (SSSR count). The van der Waals surface area contributed by atoms with Crippen LogP contribution in [0.4, 0.5) is 0 Å². The lowest BCUT2D eigenvalue weighted by Crippen LogP contribution is -2.25. The van der Waals surface area contributed by atoms with E-state index in [4.69, 9.17) is 5.11 Å². The molecule has 1 saturated carbocycles. The number of hydrogen-bond donors (Lipinski definition) is 1. The van der Waals surface area contributed by atoms with Gasteiger partial charge in [-0.05, 0) is 19.4 Å². The first-order chi connectivity index (χ1) is 4.25. The summed E-state index contributed by atoms with van der Waals surface area (Å²) in [5.74, 6) is 0.863. The summed E-state index contributed by atoms with van der Waals surface area (Å²) in [6, 6.07) is 0.761. The third kappa shape index (κ3) is 1.66. The second-order valence-electron chi connectivity index (χ2n) is 2.98. The van der Waals surface area contributed by atoms with Gasteiger partial charge in [-0.1, -0.05) is 6.92 Å². The molecular weight excluding hydrogens is 114 g/mol. The molecule has 0 spiro atoms. The first-order valence-electron chi connectivity index (χ1n) is 3.57. The quantitative estimate of drug-likeness (QED) is 0.593. The van der Waals surface area contributed by atoms with Crippen molar-refractivity contribution in [1.82, 2.24) is 4.90 Å². The third-order valence-electron chi connectivity index (χ3n) is 2.09. The minimum atomic E-state index is 0.291. The van der Waals surface area contributed by atoms with Crippen molar-refractivity contribution >= 4 is 0 Å². The first kappa shape index (κ1) is 7.03. The van der Waals surface area contributed by atoms with Crippen LogP contribution in [0, 0.1) is 5.92 Å². The van der Waals surface area contributed by atoms with E-state index in [9.17, 15) is 0 Å². The second-order valence-corrected chi connectivity index (χ2v) is 2.98. The zero-order valence-corrected chi connectivity index (χ0v) is 6.17. The lowest BCUT2D eigenvalue weighted by molar-refractivity contribution is 0.212. The summed E-state index contributed by atoms with van der Waals surface area (Å²) in [6.45, 7) is 3.37. The number of rotatable bonds is 3. The van der Waals surface area contributed by atoms with Gasteiger partial charge in [0.1, 0.15) is 0 Å². The number of likely N-dealkylation sites (N-methyl/N-ethyl adjacent to an activating group) is 1. The van der Waals surface area contributed by atoms with Gasteiger partial charge < -0.3 is 10.0 Å². The van der Waals surface area contributed by atoms with Gasteiger partial charge in [-0.2, -0.15) is 0 Å². The Morgan fingerprint density at radius 3 is 2.56 bits per heavy atom. The van der Waals surface area contributed by atoms with Crippen molar-refractivity contribution in [3.05, 3.63) is 0 Å². The standard InChI is InChI=1S/C7H15NO/c1-6-5-7(6)8(2)3-4-9/h6-7,9H,3-5H2,1-2H3. The van der Waals surface area contributed by atoms with Gasteiger partial charge in [0.25, 0.3) is 0 Å². The highest BCUT2D eigenvalue weighted by atomic mass is 16.3. The van der Waals surface area contributed by atoms with Crippen molar-refractivity contribution in [3.63, 3.8) is 0 Å². The van der Waals surface area contributed by atoms with Gasteiger partial charge in [-0.3, -0.25) is 0 Å². The predicted molar refractivity (Wildman–Crippen MR) is 37.3 cm³/mol. The monoisotopic (exact) mass is 129 g/mol. The topological polar surface area (TPSA) is 23.5 Å². The minimum absolute atomic E-state index is 0.291. The second kappa shape index (κ2) is 2.67. The highest BCUT2D eigenvalue weighted by Gasteiger charge is 2.35. The Labute approximate surface area is 56.5 Å². The molecule has 0 radical (unpaired) electrons. The van der Waals surface area contributed by atoms with E-state index in [-0.39, 0.29) is 0 Å². The van der Waals surface area contributed by atoms with Gasteiger partial charge >= 0.3 is 0 Å². The Morgan fingerprint density at radius 1 is 1.67 bits per heavy atom. The molecule has 0 aliphatic heterocycles. The zero-order valence-electron chi connectivity index (χ0n) is 6.17. The van der Waals surface area contributed by atoms with Crippen molar-refractivity contribution in [3.8, 4) is 0 Å². The molecule has 2 heteroatoms. The largest absolute Gasteiger partial charge is 0.395 e. The lowest BCUT2D eigenvalue weighted by atomic mass is 10.4. The maximum Gasteiger partial charge on any atom is 0.0558 e. The van der Waals surface area contributed by atoms with Crippen molar-refractivity contribution in [1.29, 1.82) is 0 Å². The van der Waals surface area contributed by atoms with Crippen LogP contribution in [0.5, 0.6) is 0 Å². The smallest absolute Gasteiger partial charge is 0.0558 e. The number of hydrogen-bond acceptors (Lipinski definition) is 2. The summed E-state index contributed by atoms with van der Waals surface area (Å²) in [5.41, 5.74) is 0. The SMILES string of the molecule is CC1CC1N(C)CCO. The van der Waals surface area contributed by atoms with Crippen LogP contribution in [0.25, 0.3) is 0 Å². The van der Waals surface area contributed by atoms with Crippen LogP contribution in [0.1, 0.15) is 13.3 Å². The maximum absolute atomic E-state index is 8.56. The Hall–Kier alpha value is -0.0800. The van der Waals surface area contributed by atoms with Crippen LogP contribution in [-0.2, 0) is 0 Å². The Bertz CT molecular complexity index is 94.9. The number of aliphatic hydroxyl groups excluding tert-OH is 1. The van der Waals surface area contributed by atoms with Crippen LogP contribution >= 0.6 is 0 Å². The number of aliphatic hydroxyl groups is 1. The van der Waals surface area contributed by atoms with Gasteiger partial charge in [0.05, 0.1) is 6.61 Å². The Kier molecular flexibility index (Phi) is 2.09. The zero-order chi connectivity index (χ0) is 6.85. The van der Waals surface area contributed by atoms with Gasteiger partial charge in [0.15, 0.2) is 0 Å². The fraction of sp³-hybridized carbons (Fsp3) is 1.00. The highest BCUT2D eigenvalue weighted by molar-refractivity contribution is 4.90. The summed E-state index contributed by atoms with van der Waals surface area (Å²) in [6.07, 6.45) is 1.32. The van der Waals surface area contributed by atoms with E-state index >= 15 is 0 Å². The molecule has 0 heterocycles. The summed E-state index contributed by atoms with van der Waals surface area (Å²) in [4.78, 5) is 2.23. The molecule has 1 N–H and O–H groups in total. The van der Waals surface area contributed by atoms with Gasteiger partial charge in [0, 0.05) is 12.6 Å². The van der Waals surface area contributed by atoms with Crippen LogP contribution in [0.3, 0.4) is 0 Å². The molecule has 1 aliphatic carbocycles. The van der Waals surface area contributed by atoms with E-state index in [1.165, 1.54) is 6.42 Å². The summed E-state index contributed by atoms with van der Waals surface area (Å²) in [5, 5.41) is 8.56. The molecule has 9 heavy (non-hydrogen) atoms. The maximum atomic E-state index is 8.56. The van der Waals surface area contributed by atoms with Crippen molar-refractivity contribution in [2.45, 2.75) is 19.4 Å². The summed E-state index contributed by atoms with van der Waals surface area (Å²) >= 11 is 0. The van der Waals surface area contributed by atoms with Gasteiger partial charge in [0.2, 0.25) is 0 Å². The molecule has 0 amide bonds. The Balaban J connectivity index is 2.11. The summed E-state index contributed by atoms with van der Waals surface area (Å²) in [7, 11) is 2.07. The molecule has 2 nitrogen and oxygen atoms in total. The molecule has 2 unspecified atom stereocenters. The fourth-order valence-corrected chi connectivity index (χ4v) is 1.24. The van der Waals surface area contributed by atoms with E-state index in [0.29, 0.717) is 6.61 Å². The minimum Gasteiger partial charge on any atom is -0.395 e. The summed E-state index contributed by atoms with van der Waals surface area (Å²) < 4.78 is 0. The predicted octanol–water partition coefficient (Wildman–Crippen LogP) is 0.319. The lowest BCUT2D eigenvalue weighted by Gasteiger charge is -2.13. The average Bonchev–Trinajstić information content (AvgIpc) is 2.47. The molecule has 0 aromatic rings. The number of nitrogens with zero attached hydrogens (tertiary/aromatic N) is 1. The van der Waals surface area contributed by atoms with E-state index in [1.807, 2.05) is 0 Å². The third-order valence-corrected chi connectivity index (χ3v) is 2.09. The van der Waals surface area contributed by atoms with Gasteiger partial charge in [-0.15, -0.1) is 0 Å². The van der Waals surface area contributed by atoms with Crippen molar-refractivity contribution in [2.75, 3.05) is 20.2 Å². The average molecular weight is 129 g/mol. The van der Waals surface area contributed by atoms with Crippen LogP contribution in [-0.4, -0.2) is 36.2 Å². The molecule has 0 aromatic carbocycles. The van der Waals surface area contributed by atoms with E-state index in [1.54, 1.807) is 0 Å². The van der Waals surface area contributed by atoms with E-state index in [2.05, 4.69) is 18.9 Å².